The number of aryl methyl sites for hydroxylation is 2. The van der Waals surface area contributed by atoms with Gasteiger partial charge in [-0.25, -0.2) is 0 Å². The zero-order valence-corrected chi connectivity index (χ0v) is 26.4. The van der Waals surface area contributed by atoms with Crippen molar-refractivity contribution in [2.45, 2.75) is 66.2 Å². The summed E-state index contributed by atoms with van der Waals surface area (Å²) in [5.74, 6) is 2.53. The van der Waals surface area contributed by atoms with Crippen LogP contribution in [-0.2, 0) is 20.3 Å². The molecule has 0 atom stereocenters. The summed E-state index contributed by atoms with van der Waals surface area (Å²) in [4.78, 5) is 0. The monoisotopic (exact) mass is 552 g/mol. The van der Waals surface area contributed by atoms with Crippen molar-refractivity contribution >= 4 is 23.8 Å². The fourth-order valence-corrected chi connectivity index (χ4v) is 7.54. The van der Waals surface area contributed by atoms with Crippen LogP contribution in [0.1, 0.15) is 63.8 Å². The van der Waals surface area contributed by atoms with E-state index in [9.17, 15) is 0 Å². The summed E-state index contributed by atoms with van der Waals surface area (Å²) in [6, 6.07) is 17.2. The standard InChI is InChI=1S/C33H45O5P/c1-22-16-24(32(3,4)5)30(37-20-34-9)28(18-22)39(27-15-13-12-14-26(27)36-11)29-19-23(2)17-25(33(6,7)8)31(29)38-21-35-10/h12-19H,20-21H2,1-11H3. The molecule has 0 saturated carbocycles. The van der Waals surface area contributed by atoms with Crippen molar-refractivity contribution in [1.29, 1.82) is 0 Å². The van der Waals surface area contributed by atoms with Gasteiger partial charge in [0.15, 0.2) is 13.6 Å². The third-order valence-electron chi connectivity index (χ3n) is 6.49. The first-order chi connectivity index (χ1) is 18.3. The predicted molar refractivity (Wildman–Crippen MR) is 164 cm³/mol. The van der Waals surface area contributed by atoms with Crippen LogP contribution in [0, 0.1) is 13.8 Å². The fraction of sp³-hybridized carbons (Fsp3) is 0.455. The fourth-order valence-electron chi connectivity index (χ4n) is 4.70. The summed E-state index contributed by atoms with van der Waals surface area (Å²) in [7, 11) is 3.84. The Hall–Kier alpha value is -2.59. The van der Waals surface area contributed by atoms with Gasteiger partial charge < -0.3 is 23.7 Å². The van der Waals surface area contributed by atoms with E-state index in [1.54, 1.807) is 21.3 Å². The lowest BCUT2D eigenvalue weighted by Gasteiger charge is -2.32. The van der Waals surface area contributed by atoms with Crippen molar-refractivity contribution in [2.24, 2.45) is 0 Å². The molecule has 5 nitrogen and oxygen atoms in total. The van der Waals surface area contributed by atoms with Gasteiger partial charge in [0.25, 0.3) is 0 Å². The molecular weight excluding hydrogens is 507 g/mol. The zero-order chi connectivity index (χ0) is 29.0. The van der Waals surface area contributed by atoms with E-state index in [4.69, 9.17) is 23.7 Å². The van der Waals surface area contributed by atoms with Gasteiger partial charge in [0, 0.05) is 41.3 Å². The molecular formula is C33H45O5P. The van der Waals surface area contributed by atoms with Gasteiger partial charge >= 0.3 is 0 Å². The molecule has 3 aromatic rings. The van der Waals surface area contributed by atoms with Crippen molar-refractivity contribution in [2.75, 3.05) is 34.9 Å². The van der Waals surface area contributed by atoms with E-state index < -0.39 is 7.92 Å². The van der Waals surface area contributed by atoms with Crippen molar-refractivity contribution in [3.05, 3.63) is 70.8 Å². The molecule has 3 rings (SSSR count). The minimum atomic E-state index is -1.19. The van der Waals surface area contributed by atoms with E-state index in [1.165, 1.54) is 11.1 Å². The van der Waals surface area contributed by atoms with Crippen molar-refractivity contribution < 1.29 is 23.7 Å². The minimum absolute atomic E-state index is 0.149. The average molecular weight is 553 g/mol. The molecule has 39 heavy (non-hydrogen) atoms. The van der Waals surface area contributed by atoms with Gasteiger partial charge in [0.05, 0.1) is 7.11 Å². The Morgan fingerprint density at radius 2 is 1.05 bits per heavy atom. The minimum Gasteiger partial charge on any atom is -0.496 e. The quantitative estimate of drug-likeness (QED) is 0.209. The van der Waals surface area contributed by atoms with Crippen molar-refractivity contribution in [3.63, 3.8) is 0 Å². The largest absolute Gasteiger partial charge is 0.496 e. The van der Waals surface area contributed by atoms with Crippen LogP contribution in [-0.4, -0.2) is 34.9 Å². The number of methoxy groups -OCH3 is 3. The maximum Gasteiger partial charge on any atom is 0.188 e. The van der Waals surface area contributed by atoms with Crippen LogP contribution >= 0.6 is 7.92 Å². The first kappa shape index (κ1) is 30.9. The maximum atomic E-state index is 6.43. The molecule has 0 heterocycles. The van der Waals surface area contributed by atoms with Gasteiger partial charge in [-0.3, -0.25) is 0 Å². The highest BCUT2D eigenvalue weighted by molar-refractivity contribution is 7.80. The molecule has 212 valence electrons. The van der Waals surface area contributed by atoms with Crippen LogP contribution in [0.2, 0.25) is 0 Å². The van der Waals surface area contributed by atoms with Crippen LogP contribution in [0.5, 0.6) is 17.2 Å². The topological polar surface area (TPSA) is 46.2 Å². The first-order valence-electron chi connectivity index (χ1n) is 13.3. The number of benzene rings is 3. The van der Waals surface area contributed by atoms with E-state index in [-0.39, 0.29) is 24.4 Å². The molecule has 0 spiro atoms. The SMILES string of the molecule is COCOc1c(P(c2ccccc2OC)c2cc(C)cc(C(C)(C)C)c2OCOC)cc(C)cc1C(C)(C)C. The molecule has 0 saturated heterocycles. The Kier molecular flexibility index (Phi) is 10.1. The lowest BCUT2D eigenvalue weighted by molar-refractivity contribution is 0.0506. The van der Waals surface area contributed by atoms with E-state index >= 15 is 0 Å². The Bertz CT molecular complexity index is 1190. The maximum absolute atomic E-state index is 6.43. The normalized spacial score (nSPS) is 12.1. The molecule has 0 N–H and O–H groups in total. The molecule has 0 aliphatic rings. The number of ether oxygens (including phenoxy) is 5. The summed E-state index contributed by atoms with van der Waals surface area (Å²) >= 11 is 0. The number of rotatable bonds is 10. The van der Waals surface area contributed by atoms with Gasteiger partial charge in [0.1, 0.15) is 17.2 Å². The van der Waals surface area contributed by atoms with Gasteiger partial charge in [-0.15, -0.1) is 0 Å². The summed E-state index contributed by atoms with van der Waals surface area (Å²) < 4.78 is 29.6. The second-order valence-electron chi connectivity index (χ2n) is 11.9. The molecule has 0 bridgehead atoms. The molecule has 6 heteroatoms. The lowest BCUT2D eigenvalue weighted by Crippen LogP contribution is -2.29. The Balaban J connectivity index is 2.54. The molecule has 0 aromatic heterocycles. The van der Waals surface area contributed by atoms with E-state index in [2.05, 4.69) is 91.8 Å². The summed E-state index contributed by atoms with van der Waals surface area (Å²) in [5.41, 5.74) is 4.32. The molecule has 0 radical (unpaired) electrons. The summed E-state index contributed by atoms with van der Waals surface area (Å²) in [6.45, 7) is 17.9. The Labute approximate surface area is 236 Å². The molecule has 0 aliphatic carbocycles. The number of hydrogen-bond donors (Lipinski definition) is 0. The van der Waals surface area contributed by atoms with Crippen molar-refractivity contribution in [3.8, 4) is 17.2 Å². The molecule has 0 amide bonds. The van der Waals surface area contributed by atoms with E-state index in [0.717, 1.165) is 44.3 Å². The highest BCUT2D eigenvalue weighted by Crippen LogP contribution is 2.47. The van der Waals surface area contributed by atoms with Gasteiger partial charge in [-0.05, 0) is 61.9 Å². The number of para-hydroxylation sites is 1. The Morgan fingerprint density at radius 1 is 0.615 bits per heavy atom. The lowest BCUT2D eigenvalue weighted by atomic mass is 9.85. The second kappa shape index (κ2) is 12.7. The smallest absolute Gasteiger partial charge is 0.188 e. The van der Waals surface area contributed by atoms with Gasteiger partial charge in [-0.2, -0.15) is 0 Å². The Morgan fingerprint density at radius 3 is 1.44 bits per heavy atom. The molecule has 0 unspecified atom stereocenters. The highest BCUT2D eigenvalue weighted by atomic mass is 31.1. The zero-order valence-electron chi connectivity index (χ0n) is 25.5. The average Bonchev–Trinajstić information content (AvgIpc) is 2.86. The molecule has 0 aliphatic heterocycles. The van der Waals surface area contributed by atoms with Crippen molar-refractivity contribution in [1.82, 2.24) is 0 Å². The number of hydrogen-bond acceptors (Lipinski definition) is 5. The van der Waals surface area contributed by atoms with E-state index in [0.29, 0.717) is 0 Å². The summed E-state index contributed by atoms with van der Waals surface area (Å²) in [6.07, 6.45) is 0. The van der Waals surface area contributed by atoms with Crippen LogP contribution in [0.15, 0.2) is 48.5 Å². The van der Waals surface area contributed by atoms with Gasteiger partial charge in [0.2, 0.25) is 0 Å². The van der Waals surface area contributed by atoms with Crippen LogP contribution in [0.4, 0.5) is 0 Å². The highest BCUT2D eigenvalue weighted by Gasteiger charge is 2.33. The second-order valence-corrected chi connectivity index (χ2v) is 14.0. The van der Waals surface area contributed by atoms with E-state index in [1.807, 2.05) is 12.1 Å². The van der Waals surface area contributed by atoms with Gasteiger partial charge in [-0.1, -0.05) is 71.9 Å². The molecule has 0 fully saturated rings. The third-order valence-corrected chi connectivity index (χ3v) is 8.97. The van der Waals surface area contributed by atoms with Crippen LogP contribution < -0.4 is 30.1 Å². The first-order valence-corrected chi connectivity index (χ1v) is 14.6. The molecule has 3 aromatic carbocycles. The summed E-state index contributed by atoms with van der Waals surface area (Å²) in [5, 5.41) is 3.30. The predicted octanol–water partition coefficient (Wildman–Crippen LogP) is 6.63. The van der Waals surface area contributed by atoms with Crippen LogP contribution in [0.3, 0.4) is 0 Å². The van der Waals surface area contributed by atoms with Crippen LogP contribution in [0.25, 0.3) is 0 Å². The third kappa shape index (κ3) is 7.14.